The van der Waals surface area contributed by atoms with E-state index in [1.165, 1.54) is 6.08 Å². The third kappa shape index (κ3) is 3.04. The monoisotopic (exact) mass is 186 g/mol. The Labute approximate surface area is 76.8 Å². The number of alkyl carbamates (subject to hydrolysis) is 1. The van der Waals surface area contributed by atoms with Gasteiger partial charge in [0.25, 0.3) is 0 Å². The van der Waals surface area contributed by atoms with Crippen LogP contribution in [0.5, 0.6) is 0 Å². The van der Waals surface area contributed by atoms with Crippen molar-refractivity contribution in [2.24, 2.45) is 0 Å². The van der Waals surface area contributed by atoms with Crippen LogP contribution in [0.1, 0.15) is 0 Å². The fourth-order valence-corrected chi connectivity index (χ4v) is 0.961. The molecule has 1 aliphatic heterocycles. The Kier molecular flexibility index (Phi) is 3.27. The summed E-state index contributed by atoms with van der Waals surface area (Å²) in [6.07, 6.45) is 0.958. The van der Waals surface area contributed by atoms with Gasteiger partial charge in [-0.3, -0.25) is 0 Å². The molecule has 1 rings (SSSR count). The highest BCUT2D eigenvalue weighted by atomic mass is 16.5. The number of aliphatic hydroxyl groups is 1. The van der Waals surface area contributed by atoms with Crippen molar-refractivity contribution in [3.63, 3.8) is 0 Å². The topological polar surface area (TPSA) is 70.6 Å². The van der Waals surface area contributed by atoms with Crippen LogP contribution in [0.25, 0.3) is 0 Å². The van der Waals surface area contributed by atoms with E-state index in [9.17, 15) is 9.90 Å². The lowest BCUT2D eigenvalue weighted by atomic mass is 9.98. The minimum Gasteiger partial charge on any atom is -0.445 e. The molecule has 1 fully saturated rings. The summed E-state index contributed by atoms with van der Waals surface area (Å²) in [5.74, 6) is 0. The maximum Gasteiger partial charge on any atom is 0.407 e. The van der Waals surface area contributed by atoms with E-state index in [-0.39, 0.29) is 13.2 Å². The summed E-state index contributed by atoms with van der Waals surface area (Å²) in [6.45, 7) is 4.82. The number of β-amino-alcohol motifs (C(OH)–C–C–N with tert-alkyl or cyclic N) is 1. The first-order valence-electron chi connectivity index (χ1n) is 4.11. The molecule has 0 aliphatic carbocycles. The zero-order valence-electron chi connectivity index (χ0n) is 7.38. The van der Waals surface area contributed by atoms with Crippen LogP contribution >= 0.6 is 0 Å². The van der Waals surface area contributed by atoms with E-state index < -0.39 is 11.7 Å². The molecule has 0 aromatic heterocycles. The van der Waals surface area contributed by atoms with Gasteiger partial charge < -0.3 is 20.5 Å². The molecule has 0 bridgehead atoms. The second kappa shape index (κ2) is 4.25. The first-order chi connectivity index (χ1) is 6.16. The van der Waals surface area contributed by atoms with E-state index in [2.05, 4.69) is 21.9 Å². The molecule has 5 nitrogen and oxygen atoms in total. The molecule has 0 atom stereocenters. The average molecular weight is 186 g/mol. The highest BCUT2D eigenvalue weighted by Gasteiger charge is 2.34. The molecule has 1 saturated heterocycles. The summed E-state index contributed by atoms with van der Waals surface area (Å²) in [4.78, 5) is 10.9. The number of carbonyl (C=O) groups is 1. The Morgan fingerprint density at radius 2 is 2.46 bits per heavy atom. The van der Waals surface area contributed by atoms with Gasteiger partial charge in [0, 0.05) is 13.1 Å². The summed E-state index contributed by atoms with van der Waals surface area (Å²) >= 11 is 0. The molecule has 5 heteroatoms. The normalized spacial score (nSPS) is 18.5. The number of ether oxygens (including phenoxy) is 1. The molecule has 0 aromatic carbocycles. The molecule has 0 spiro atoms. The Bertz CT molecular complexity index is 202. The highest BCUT2D eigenvalue weighted by Crippen LogP contribution is 2.07. The van der Waals surface area contributed by atoms with Crippen molar-refractivity contribution in [2.45, 2.75) is 5.60 Å². The second-order valence-electron chi connectivity index (χ2n) is 3.07. The first-order valence-corrected chi connectivity index (χ1v) is 4.11. The van der Waals surface area contributed by atoms with Crippen molar-refractivity contribution in [2.75, 3.05) is 26.2 Å². The first kappa shape index (κ1) is 10.0. The van der Waals surface area contributed by atoms with Gasteiger partial charge in [-0.25, -0.2) is 4.79 Å². The van der Waals surface area contributed by atoms with Crippen LogP contribution in [-0.4, -0.2) is 43.0 Å². The molecule has 0 radical (unpaired) electrons. The van der Waals surface area contributed by atoms with Gasteiger partial charge in [-0.15, -0.1) is 0 Å². The molecule has 1 amide bonds. The second-order valence-corrected chi connectivity index (χ2v) is 3.07. The largest absolute Gasteiger partial charge is 0.445 e. The highest BCUT2D eigenvalue weighted by molar-refractivity contribution is 5.67. The van der Waals surface area contributed by atoms with Gasteiger partial charge in [0.15, 0.2) is 0 Å². The van der Waals surface area contributed by atoms with Crippen LogP contribution in [0.2, 0.25) is 0 Å². The van der Waals surface area contributed by atoms with Crippen LogP contribution in [-0.2, 0) is 4.74 Å². The minimum absolute atomic E-state index is 0.183. The van der Waals surface area contributed by atoms with Crippen molar-refractivity contribution in [3.05, 3.63) is 12.7 Å². The average Bonchev–Trinajstić information content (AvgIpc) is 2.08. The van der Waals surface area contributed by atoms with E-state index in [1.54, 1.807) is 0 Å². The molecule has 1 aliphatic rings. The van der Waals surface area contributed by atoms with Gasteiger partial charge in [-0.2, -0.15) is 0 Å². The summed E-state index contributed by atoms with van der Waals surface area (Å²) in [7, 11) is 0. The van der Waals surface area contributed by atoms with Crippen molar-refractivity contribution < 1.29 is 14.6 Å². The van der Waals surface area contributed by atoms with Gasteiger partial charge in [0.05, 0.1) is 6.54 Å². The Morgan fingerprint density at radius 1 is 1.77 bits per heavy atom. The van der Waals surface area contributed by atoms with Gasteiger partial charge in [0.2, 0.25) is 0 Å². The van der Waals surface area contributed by atoms with Crippen molar-refractivity contribution in [3.8, 4) is 0 Å². The maximum atomic E-state index is 10.9. The van der Waals surface area contributed by atoms with Crippen molar-refractivity contribution in [1.29, 1.82) is 0 Å². The van der Waals surface area contributed by atoms with E-state index in [0.29, 0.717) is 13.1 Å². The lowest BCUT2D eigenvalue weighted by Gasteiger charge is -2.37. The molecular formula is C8H14N2O3. The zero-order valence-corrected chi connectivity index (χ0v) is 7.38. The Balaban J connectivity index is 2.10. The quantitative estimate of drug-likeness (QED) is 0.504. The molecule has 0 unspecified atom stereocenters. The predicted molar refractivity (Wildman–Crippen MR) is 47.4 cm³/mol. The van der Waals surface area contributed by atoms with Crippen LogP contribution < -0.4 is 10.6 Å². The lowest BCUT2D eigenvalue weighted by molar-refractivity contribution is -0.00823. The van der Waals surface area contributed by atoms with E-state index in [4.69, 9.17) is 0 Å². The third-order valence-electron chi connectivity index (χ3n) is 1.80. The number of rotatable bonds is 4. The van der Waals surface area contributed by atoms with Crippen molar-refractivity contribution >= 4 is 6.09 Å². The van der Waals surface area contributed by atoms with Crippen LogP contribution in [0.15, 0.2) is 12.7 Å². The maximum absolute atomic E-state index is 10.9. The minimum atomic E-state index is -0.798. The fourth-order valence-electron chi connectivity index (χ4n) is 0.961. The molecule has 1 heterocycles. The van der Waals surface area contributed by atoms with Gasteiger partial charge in [0.1, 0.15) is 12.2 Å². The van der Waals surface area contributed by atoms with Gasteiger partial charge >= 0.3 is 6.09 Å². The van der Waals surface area contributed by atoms with Crippen LogP contribution in [0.3, 0.4) is 0 Å². The predicted octanol–water partition coefficient (Wildman–Crippen LogP) is -0.767. The van der Waals surface area contributed by atoms with Gasteiger partial charge in [-0.05, 0) is 0 Å². The van der Waals surface area contributed by atoms with Crippen LogP contribution in [0, 0.1) is 0 Å². The number of amides is 1. The Hall–Kier alpha value is -1.07. The number of hydrogen-bond donors (Lipinski definition) is 3. The third-order valence-corrected chi connectivity index (χ3v) is 1.80. The molecule has 0 aromatic rings. The summed E-state index contributed by atoms with van der Waals surface area (Å²) in [5.41, 5.74) is -0.798. The molecule has 13 heavy (non-hydrogen) atoms. The SMILES string of the molecule is C=CCOC(=O)NCC1(O)CNC1. The number of nitrogens with one attached hydrogen (secondary N) is 2. The van der Waals surface area contributed by atoms with E-state index in [0.717, 1.165) is 0 Å². The molecule has 0 saturated carbocycles. The smallest absolute Gasteiger partial charge is 0.407 e. The van der Waals surface area contributed by atoms with Crippen LogP contribution in [0.4, 0.5) is 4.79 Å². The zero-order chi connectivity index (χ0) is 9.73. The summed E-state index contributed by atoms with van der Waals surface area (Å²) in [5, 5.41) is 14.9. The molecular weight excluding hydrogens is 172 g/mol. The van der Waals surface area contributed by atoms with E-state index in [1.807, 2.05) is 0 Å². The summed E-state index contributed by atoms with van der Waals surface area (Å²) < 4.78 is 4.66. The lowest BCUT2D eigenvalue weighted by Crippen LogP contribution is -2.64. The van der Waals surface area contributed by atoms with Crippen molar-refractivity contribution in [1.82, 2.24) is 10.6 Å². The standard InChI is InChI=1S/C8H14N2O3/c1-2-3-13-7(11)10-6-8(12)4-9-5-8/h2,9,12H,1,3-6H2,(H,10,11). The Morgan fingerprint density at radius 3 is 2.92 bits per heavy atom. The molecule has 3 N–H and O–H groups in total. The molecule has 74 valence electrons. The fraction of sp³-hybridized carbons (Fsp3) is 0.625. The number of hydrogen-bond acceptors (Lipinski definition) is 4. The van der Waals surface area contributed by atoms with E-state index >= 15 is 0 Å². The van der Waals surface area contributed by atoms with Gasteiger partial charge in [-0.1, -0.05) is 12.7 Å². The summed E-state index contributed by atoms with van der Waals surface area (Å²) in [6, 6.07) is 0. The number of carbonyl (C=O) groups excluding carboxylic acids is 1.